The SMILES string of the molecule is O=C(CCCc1ccccc1)N(CCc1ccc(OC(=O)C(F)(F)F)cc1)Cc1cccc(-c2ccccc2C(=O)N2CCC(CCCC3CCNCC3)CC2)c1. The van der Waals surface area contributed by atoms with Gasteiger partial charge in [0.1, 0.15) is 5.75 Å². The predicted molar refractivity (Wildman–Crippen MR) is 217 cm³/mol. The molecule has 302 valence electrons. The van der Waals surface area contributed by atoms with Crippen LogP contribution >= 0.6 is 0 Å². The quantitative estimate of drug-likeness (QED) is 0.0906. The van der Waals surface area contributed by atoms with E-state index in [1.165, 1.54) is 44.2 Å². The lowest BCUT2D eigenvalue weighted by molar-refractivity contribution is -0.189. The Morgan fingerprint density at radius 1 is 0.719 bits per heavy atom. The van der Waals surface area contributed by atoms with Crippen LogP contribution in [0.4, 0.5) is 13.2 Å². The molecule has 0 radical (unpaired) electrons. The molecular formula is C47H54F3N3O4. The van der Waals surface area contributed by atoms with Crippen molar-refractivity contribution >= 4 is 17.8 Å². The Morgan fingerprint density at radius 3 is 2.09 bits per heavy atom. The second-order valence-electron chi connectivity index (χ2n) is 15.5. The van der Waals surface area contributed by atoms with E-state index in [9.17, 15) is 27.6 Å². The zero-order valence-electron chi connectivity index (χ0n) is 32.7. The fourth-order valence-electron chi connectivity index (χ4n) is 8.13. The second-order valence-corrected chi connectivity index (χ2v) is 15.5. The van der Waals surface area contributed by atoms with Gasteiger partial charge in [0.2, 0.25) is 5.91 Å². The van der Waals surface area contributed by atoms with E-state index in [0.29, 0.717) is 43.8 Å². The van der Waals surface area contributed by atoms with Crippen molar-refractivity contribution in [2.24, 2.45) is 11.8 Å². The van der Waals surface area contributed by atoms with Gasteiger partial charge in [0.25, 0.3) is 5.91 Å². The number of hydrogen-bond donors (Lipinski definition) is 1. The number of rotatable bonds is 16. The summed E-state index contributed by atoms with van der Waals surface area (Å²) in [6.07, 6.45) is 5.68. The van der Waals surface area contributed by atoms with E-state index in [-0.39, 0.29) is 17.6 Å². The molecule has 0 unspecified atom stereocenters. The van der Waals surface area contributed by atoms with Gasteiger partial charge in [-0.25, -0.2) is 4.79 Å². The lowest BCUT2D eigenvalue weighted by Gasteiger charge is -2.33. The Morgan fingerprint density at radius 2 is 1.37 bits per heavy atom. The first-order chi connectivity index (χ1) is 27.6. The number of esters is 1. The molecule has 0 spiro atoms. The molecule has 0 saturated carbocycles. The van der Waals surface area contributed by atoms with Crippen LogP contribution < -0.4 is 10.1 Å². The van der Waals surface area contributed by atoms with Gasteiger partial charge in [-0.05, 0) is 122 Å². The molecule has 1 N–H and O–H groups in total. The standard InChI is InChI=1S/C47H54F3N3O4/c48-47(49,50)46(56)57-41-21-19-38(20-22-41)27-32-53(44(54)18-8-13-35-9-2-1-3-10-35)34-39-14-7-15-40(33-39)42-16-4-5-17-43(42)45(55)52-30-25-37(26-31-52)12-6-11-36-23-28-51-29-24-36/h1-5,7,9-10,14-17,19-22,33,36-37,51H,6,8,11-13,18,23-32,34H2. The van der Waals surface area contributed by atoms with Gasteiger partial charge in [-0.2, -0.15) is 13.2 Å². The van der Waals surface area contributed by atoms with Crippen LogP contribution in [0, 0.1) is 11.8 Å². The number of hydrogen-bond acceptors (Lipinski definition) is 5. The fraction of sp³-hybridized carbons (Fsp3) is 0.426. The molecule has 2 heterocycles. The predicted octanol–water partition coefficient (Wildman–Crippen LogP) is 9.44. The highest BCUT2D eigenvalue weighted by Crippen LogP contribution is 2.30. The van der Waals surface area contributed by atoms with E-state index in [1.54, 1.807) is 12.1 Å². The molecule has 4 aromatic rings. The molecule has 4 aromatic carbocycles. The number of amides is 2. The van der Waals surface area contributed by atoms with Gasteiger partial charge in [0.15, 0.2) is 0 Å². The maximum Gasteiger partial charge on any atom is 0.491 e. The third-order valence-electron chi connectivity index (χ3n) is 11.4. The zero-order chi connectivity index (χ0) is 40.0. The van der Waals surface area contributed by atoms with Crippen molar-refractivity contribution in [1.82, 2.24) is 15.1 Å². The highest BCUT2D eigenvalue weighted by atomic mass is 19.4. The summed E-state index contributed by atoms with van der Waals surface area (Å²) in [6.45, 7) is 4.56. The highest BCUT2D eigenvalue weighted by molar-refractivity contribution is 6.01. The van der Waals surface area contributed by atoms with Gasteiger partial charge in [-0.15, -0.1) is 0 Å². The van der Waals surface area contributed by atoms with Crippen LogP contribution in [0.5, 0.6) is 5.75 Å². The lowest BCUT2D eigenvalue weighted by Crippen LogP contribution is -2.38. The minimum atomic E-state index is -5.09. The number of carbonyl (C=O) groups excluding carboxylic acids is 3. The molecule has 7 nitrogen and oxygen atoms in total. The summed E-state index contributed by atoms with van der Waals surface area (Å²) < 4.78 is 42.5. The first-order valence-corrected chi connectivity index (χ1v) is 20.5. The third kappa shape index (κ3) is 12.5. The van der Waals surface area contributed by atoms with Crippen LogP contribution in [-0.4, -0.2) is 66.5 Å². The number of piperidine rings is 2. The van der Waals surface area contributed by atoms with E-state index in [2.05, 4.69) is 16.1 Å². The molecule has 0 aromatic heterocycles. The number of ether oxygens (including phenoxy) is 1. The average molecular weight is 782 g/mol. The third-order valence-corrected chi connectivity index (χ3v) is 11.4. The molecule has 6 rings (SSSR count). The normalized spacial score (nSPS) is 15.3. The monoisotopic (exact) mass is 781 g/mol. The maximum atomic E-state index is 14.0. The number of nitrogens with one attached hydrogen (secondary N) is 1. The van der Waals surface area contributed by atoms with E-state index in [1.807, 2.05) is 82.6 Å². The van der Waals surface area contributed by atoms with Crippen molar-refractivity contribution in [3.05, 3.63) is 125 Å². The Hall–Kier alpha value is -4.96. The van der Waals surface area contributed by atoms with Crippen molar-refractivity contribution in [2.45, 2.75) is 83.4 Å². The first-order valence-electron chi connectivity index (χ1n) is 20.5. The van der Waals surface area contributed by atoms with E-state index in [0.717, 1.165) is 79.2 Å². The number of benzene rings is 4. The molecule has 2 amide bonds. The molecule has 57 heavy (non-hydrogen) atoms. The van der Waals surface area contributed by atoms with Crippen molar-refractivity contribution in [2.75, 3.05) is 32.7 Å². The Labute approximate surface area is 334 Å². The van der Waals surface area contributed by atoms with Crippen LogP contribution in [0.15, 0.2) is 103 Å². The lowest BCUT2D eigenvalue weighted by atomic mass is 9.87. The number of halogens is 3. The summed E-state index contributed by atoms with van der Waals surface area (Å²) in [5.41, 5.74) is 5.32. The van der Waals surface area contributed by atoms with Crippen LogP contribution in [0.3, 0.4) is 0 Å². The minimum absolute atomic E-state index is 0.00247. The topological polar surface area (TPSA) is 79.0 Å². The van der Waals surface area contributed by atoms with Gasteiger partial charge >= 0.3 is 12.1 Å². The van der Waals surface area contributed by atoms with Crippen molar-refractivity contribution < 1.29 is 32.3 Å². The number of alkyl halides is 3. The molecule has 0 bridgehead atoms. The zero-order valence-corrected chi connectivity index (χ0v) is 32.7. The van der Waals surface area contributed by atoms with Gasteiger partial charge in [-0.3, -0.25) is 9.59 Å². The van der Waals surface area contributed by atoms with E-state index < -0.39 is 12.1 Å². The average Bonchev–Trinajstić information content (AvgIpc) is 3.23. The summed E-state index contributed by atoms with van der Waals surface area (Å²) in [5, 5.41) is 3.46. The largest absolute Gasteiger partial charge is 0.491 e. The fourth-order valence-corrected chi connectivity index (χ4v) is 8.13. The van der Waals surface area contributed by atoms with Crippen LogP contribution in [0.25, 0.3) is 11.1 Å². The maximum absolute atomic E-state index is 14.0. The molecule has 0 aliphatic carbocycles. The van der Waals surface area contributed by atoms with Crippen molar-refractivity contribution in [3.8, 4) is 16.9 Å². The van der Waals surface area contributed by atoms with Gasteiger partial charge in [-0.1, -0.05) is 98.1 Å². The Balaban J connectivity index is 1.10. The molecule has 10 heteroatoms. The molecule has 2 aliphatic rings. The molecule has 2 fully saturated rings. The highest BCUT2D eigenvalue weighted by Gasteiger charge is 2.41. The van der Waals surface area contributed by atoms with Gasteiger partial charge in [0, 0.05) is 38.2 Å². The second kappa shape index (κ2) is 20.5. The molecule has 2 aliphatic heterocycles. The van der Waals surface area contributed by atoms with Crippen LogP contribution in [0.1, 0.15) is 84.8 Å². The minimum Gasteiger partial charge on any atom is -0.420 e. The van der Waals surface area contributed by atoms with Gasteiger partial charge < -0.3 is 19.9 Å². The number of nitrogens with zero attached hydrogens (tertiary/aromatic N) is 2. The van der Waals surface area contributed by atoms with E-state index in [4.69, 9.17) is 0 Å². The summed E-state index contributed by atoms with van der Waals surface area (Å²) in [6, 6.07) is 31.6. The summed E-state index contributed by atoms with van der Waals surface area (Å²) >= 11 is 0. The molecule has 0 atom stereocenters. The molecule has 2 saturated heterocycles. The van der Waals surface area contributed by atoms with Crippen molar-refractivity contribution in [3.63, 3.8) is 0 Å². The molecular weight excluding hydrogens is 728 g/mol. The van der Waals surface area contributed by atoms with Crippen LogP contribution in [0.2, 0.25) is 0 Å². The summed E-state index contributed by atoms with van der Waals surface area (Å²) in [5.74, 6) is -0.890. The summed E-state index contributed by atoms with van der Waals surface area (Å²) in [7, 11) is 0. The smallest absolute Gasteiger partial charge is 0.420 e. The summed E-state index contributed by atoms with van der Waals surface area (Å²) in [4.78, 5) is 42.9. The number of aryl methyl sites for hydroxylation is 1. The van der Waals surface area contributed by atoms with Gasteiger partial charge in [0.05, 0.1) is 0 Å². The van der Waals surface area contributed by atoms with E-state index >= 15 is 0 Å². The van der Waals surface area contributed by atoms with Crippen LogP contribution in [-0.2, 0) is 29.0 Å². The number of likely N-dealkylation sites (tertiary alicyclic amines) is 1. The Kier molecular flexibility index (Phi) is 15.0. The number of carbonyl (C=O) groups is 3. The first kappa shape index (κ1) is 41.7. The van der Waals surface area contributed by atoms with Crippen molar-refractivity contribution in [1.29, 1.82) is 0 Å². The Bertz CT molecular complexity index is 1900.